The quantitative estimate of drug-likeness (QED) is 0.853. The molecule has 0 aliphatic rings. The molecular formula is C18H21FN2O. The molecule has 22 heavy (non-hydrogen) atoms. The van der Waals surface area contributed by atoms with Crippen molar-refractivity contribution in [3.8, 4) is 0 Å². The van der Waals surface area contributed by atoms with Gasteiger partial charge >= 0.3 is 0 Å². The largest absolute Gasteiger partial charge is 0.322 e. The monoisotopic (exact) mass is 300 g/mol. The van der Waals surface area contributed by atoms with Crippen molar-refractivity contribution in [3.05, 3.63) is 66.0 Å². The van der Waals surface area contributed by atoms with Crippen molar-refractivity contribution in [3.63, 3.8) is 0 Å². The Morgan fingerprint density at radius 3 is 2.32 bits per heavy atom. The third-order valence-electron chi connectivity index (χ3n) is 3.46. The van der Waals surface area contributed by atoms with Crippen molar-refractivity contribution in [2.45, 2.75) is 19.9 Å². The minimum Gasteiger partial charge on any atom is -0.322 e. The molecule has 2 aromatic rings. The third-order valence-corrected chi connectivity index (χ3v) is 3.46. The maximum absolute atomic E-state index is 13.5. The minimum absolute atomic E-state index is 0.0765. The second-order valence-corrected chi connectivity index (χ2v) is 5.54. The Bertz CT molecular complexity index is 613. The van der Waals surface area contributed by atoms with Crippen molar-refractivity contribution in [2.75, 3.05) is 11.9 Å². The summed E-state index contributed by atoms with van der Waals surface area (Å²) >= 11 is 0. The van der Waals surface area contributed by atoms with Gasteiger partial charge in [0, 0.05) is 6.04 Å². The fourth-order valence-electron chi connectivity index (χ4n) is 2.36. The highest BCUT2D eigenvalue weighted by atomic mass is 19.1. The fourth-order valence-corrected chi connectivity index (χ4v) is 2.36. The predicted molar refractivity (Wildman–Crippen MR) is 87.1 cm³/mol. The van der Waals surface area contributed by atoms with E-state index >= 15 is 0 Å². The molecule has 0 heterocycles. The lowest BCUT2D eigenvalue weighted by Gasteiger charge is -2.22. The van der Waals surface area contributed by atoms with Crippen LogP contribution in [0.5, 0.6) is 0 Å². The highest BCUT2D eigenvalue weighted by Gasteiger charge is 2.16. The van der Waals surface area contributed by atoms with Gasteiger partial charge in [-0.25, -0.2) is 4.39 Å². The first-order valence-electron chi connectivity index (χ1n) is 7.40. The number of hydrogen-bond acceptors (Lipinski definition) is 2. The van der Waals surface area contributed by atoms with Gasteiger partial charge in [0.2, 0.25) is 5.91 Å². The molecule has 0 radical (unpaired) electrons. The maximum Gasteiger partial charge on any atom is 0.238 e. The third kappa shape index (κ3) is 4.40. The molecule has 1 amide bonds. The molecule has 0 spiro atoms. The lowest BCUT2D eigenvalue weighted by molar-refractivity contribution is -0.115. The van der Waals surface area contributed by atoms with Crippen LogP contribution in [0.3, 0.4) is 0 Å². The normalized spacial score (nSPS) is 12.2. The number of amides is 1. The van der Waals surface area contributed by atoms with Crippen LogP contribution in [0, 0.1) is 11.7 Å². The van der Waals surface area contributed by atoms with E-state index in [1.807, 2.05) is 30.3 Å². The summed E-state index contributed by atoms with van der Waals surface area (Å²) in [6.45, 7) is 4.32. The molecule has 3 nitrogen and oxygen atoms in total. The zero-order chi connectivity index (χ0) is 15.9. The molecule has 1 atom stereocenters. The molecule has 2 rings (SSSR count). The molecule has 4 heteroatoms. The van der Waals surface area contributed by atoms with Gasteiger partial charge in [-0.3, -0.25) is 4.79 Å². The lowest BCUT2D eigenvalue weighted by Crippen LogP contribution is -2.33. The highest BCUT2D eigenvalue weighted by Crippen LogP contribution is 2.21. The summed E-state index contributed by atoms with van der Waals surface area (Å²) in [4.78, 5) is 12.0. The van der Waals surface area contributed by atoms with E-state index in [2.05, 4.69) is 24.5 Å². The van der Waals surface area contributed by atoms with Crippen LogP contribution in [0.4, 0.5) is 10.1 Å². The van der Waals surface area contributed by atoms with Crippen LogP contribution in [-0.4, -0.2) is 12.5 Å². The van der Waals surface area contributed by atoms with Gasteiger partial charge in [-0.2, -0.15) is 0 Å². The first-order valence-corrected chi connectivity index (χ1v) is 7.40. The van der Waals surface area contributed by atoms with E-state index in [1.54, 1.807) is 18.2 Å². The van der Waals surface area contributed by atoms with Crippen LogP contribution in [0.2, 0.25) is 0 Å². The summed E-state index contributed by atoms with van der Waals surface area (Å²) in [5.41, 5.74) is 1.34. The van der Waals surface area contributed by atoms with E-state index in [0.29, 0.717) is 5.92 Å². The van der Waals surface area contributed by atoms with Crippen LogP contribution in [0.25, 0.3) is 0 Å². The van der Waals surface area contributed by atoms with Gasteiger partial charge in [0.1, 0.15) is 5.82 Å². The summed E-state index contributed by atoms with van der Waals surface area (Å²) in [6, 6.07) is 16.2. The average molecular weight is 300 g/mol. The van der Waals surface area contributed by atoms with Crippen molar-refractivity contribution in [1.82, 2.24) is 5.32 Å². The van der Waals surface area contributed by atoms with E-state index in [-0.39, 0.29) is 24.2 Å². The first-order chi connectivity index (χ1) is 10.6. The van der Waals surface area contributed by atoms with Gasteiger partial charge in [-0.1, -0.05) is 56.3 Å². The van der Waals surface area contributed by atoms with E-state index in [0.717, 1.165) is 5.56 Å². The molecule has 0 aliphatic carbocycles. The number of rotatable bonds is 6. The molecular weight excluding hydrogens is 279 g/mol. The van der Waals surface area contributed by atoms with Crippen LogP contribution in [-0.2, 0) is 4.79 Å². The number of halogens is 1. The van der Waals surface area contributed by atoms with Crippen LogP contribution in [0.1, 0.15) is 25.5 Å². The molecule has 0 unspecified atom stereocenters. The molecule has 116 valence electrons. The Balaban J connectivity index is 1.95. The molecule has 0 saturated carbocycles. The number of hydrogen-bond donors (Lipinski definition) is 2. The molecule has 2 aromatic carbocycles. The van der Waals surface area contributed by atoms with Crippen molar-refractivity contribution >= 4 is 11.6 Å². The molecule has 0 aromatic heterocycles. The Labute approximate surface area is 130 Å². The predicted octanol–water partition coefficient (Wildman–Crippen LogP) is 3.75. The van der Waals surface area contributed by atoms with E-state index < -0.39 is 5.82 Å². The summed E-state index contributed by atoms with van der Waals surface area (Å²) in [5, 5.41) is 5.82. The van der Waals surface area contributed by atoms with Crippen molar-refractivity contribution in [1.29, 1.82) is 0 Å². The fraction of sp³-hybridized carbons (Fsp3) is 0.278. The second kappa shape index (κ2) is 7.71. The molecule has 0 bridgehead atoms. The smallest absolute Gasteiger partial charge is 0.238 e. The number of carbonyl (C=O) groups is 1. The summed E-state index contributed by atoms with van der Waals surface area (Å²) in [6.07, 6.45) is 0. The number of nitrogens with one attached hydrogen (secondary N) is 2. The standard InChI is InChI=1S/C18H21FN2O/c1-13(2)18(14-8-4-3-5-9-14)20-12-17(22)21-16-11-7-6-10-15(16)19/h3-11,13,18,20H,12H2,1-2H3,(H,21,22)/t18-/m1/s1. The molecule has 0 saturated heterocycles. The Kier molecular flexibility index (Phi) is 5.67. The van der Waals surface area contributed by atoms with Gasteiger partial charge in [-0.15, -0.1) is 0 Å². The highest BCUT2D eigenvalue weighted by molar-refractivity contribution is 5.92. The van der Waals surface area contributed by atoms with Gasteiger partial charge in [-0.05, 0) is 23.6 Å². The Morgan fingerprint density at radius 1 is 1.05 bits per heavy atom. The molecule has 0 fully saturated rings. The summed E-state index contributed by atoms with van der Waals surface area (Å²) in [5.74, 6) is -0.352. The van der Waals surface area contributed by atoms with E-state index in [1.165, 1.54) is 6.07 Å². The van der Waals surface area contributed by atoms with Crippen LogP contribution < -0.4 is 10.6 Å². The SMILES string of the molecule is CC(C)[C@@H](NCC(=O)Nc1ccccc1F)c1ccccc1. The zero-order valence-corrected chi connectivity index (χ0v) is 12.8. The molecule has 2 N–H and O–H groups in total. The second-order valence-electron chi connectivity index (χ2n) is 5.54. The van der Waals surface area contributed by atoms with Gasteiger partial charge in [0.25, 0.3) is 0 Å². The maximum atomic E-state index is 13.5. The lowest BCUT2D eigenvalue weighted by atomic mass is 9.96. The number of anilines is 1. The number of carbonyl (C=O) groups excluding carboxylic acids is 1. The average Bonchev–Trinajstić information content (AvgIpc) is 2.50. The summed E-state index contributed by atoms with van der Waals surface area (Å²) < 4.78 is 13.5. The van der Waals surface area contributed by atoms with Crippen LogP contribution in [0.15, 0.2) is 54.6 Å². The zero-order valence-electron chi connectivity index (χ0n) is 12.8. The van der Waals surface area contributed by atoms with E-state index in [9.17, 15) is 9.18 Å². The van der Waals surface area contributed by atoms with Gasteiger partial charge in [0.05, 0.1) is 12.2 Å². The minimum atomic E-state index is -0.431. The number of benzene rings is 2. The summed E-state index contributed by atoms with van der Waals surface area (Å²) in [7, 11) is 0. The van der Waals surface area contributed by atoms with Crippen molar-refractivity contribution in [2.24, 2.45) is 5.92 Å². The first kappa shape index (κ1) is 16.2. The number of para-hydroxylation sites is 1. The Hall–Kier alpha value is -2.20. The van der Waals surface area contributed by atoms with E-state index in [4.69, 9.17) is 0 Å². The topological polar surface area (TPSA) is 41.1 Å². The van der Waals surface area contributed by atoms with Crippen LogP contribution >= 0.6 is 0 Å². The molecule has 0 aliphatic heterocycles. The van der Waals surface area contributed by atoms with Gasteiger partial charge < -0.3 is 10.6 Å². The van der Waals surface area contributed by atoms with Crippen molar-refractivity contribution < 1.29 is 9.18 Å². The van der Waals surface area contributed by atoms with Gasteiger partial charge in [0.15, 0.2) is 0 Å². The Morgan fingerprint density at radius 2 is 1.68 bits per heavy atom.